The first kappa shape index (κ1) is 22.3. The van der Waals surface area contributed by atoms with Crippen molar-refractivity contribution in [2.75, 3.05) is 18.6 Å². The fraction of sp³-hybridized carbons (Fsp3) is 0.318. The van der Waals surface area contributed by atoms with E-state index in [9.17, 15) is 23.1 Å². The number of hydrogen-bond donors (Lipinski definition) is 0. The van der Waals surface area contributed by atoms with Crippen molar-refractivity contribution >= 4 is 17.4 Å². The van der Waals surface area contributed by atoms with Crippen LogP contribution < -0.4 is 19.5 Å². The van der Waals surface area contributed by atoms with Crippen molar-refractivity contribution in [3.63, 3.8) is 0 Å². The van der Waals surface area contributed by atoms with Gasteiger partial charge < -0.3 is 29.0 Å². The summed E-state index contributed by atoms with van der Waals surface area (Å²) in [5, 5.41) is 10.8. The summed E-state index contributed by atoms with van der Waals surface area (Å²) in [6.45, 7) is 3.71. The third kappa shape index (κ3) is 5.42. The van der Waals surface area contributed by atoms with Gasteiger partial charge in [0.25, 0.3) is 6.16 Å². The van der Waals surface area contributed by atoms with Crippen molar-refractivity contribution < 1.29 is 37.3 Å². The smallest absolute Gasteiger partial charge is 0.545 e. The van der Waals surface area contributed by atoms with Crippen molar-refractivity contribution in [1.82, 2.24) is 0 Å². The Kier molecular flexibility index (Phi) is 6.33. The fourth-order valence-electron chi connectivity index (χ4n) is 3.43. The maximum atomic E-state index is 12.3. The largest absolute Gasteiger partial charge is 0.573 e. The monoisotopic (exact) mass is 436 g/mol. The second kappa shape index (κ2) is 8.79. The summed E-state index contributed by atoms with van der Waals surface area (Å²) in [7, 11) is 1.94. The van der Waals surface area contributed by atoms with E-state index in [1.54, 1.807) is 6.07 Å². The van der Waals surface area contributed by atoms with E-state index in [0.29, 0.717) is 17.1 Å². The summed E-state index contributed by atoms with van der Waals surface area (Å²) < 4.78 is 51.4. The van der Waals surface area contributed by atoms with Gasteiger partial charge in [-0.05, 0) is 60.9 Å². The molecule has 2 aromatic carbocycles. The number of fused-ring (bicyclic) bond motifs is 1. The topological polar surface area (TPSA) is 71.1 Å². The minimum atomic E-state index is -4.77. The highest BCUT2D eigenvalue weighted by Gasteiger charge is 2.31. The van der Waals surface area contributed by atoms with Crippen LogP contribution in [0.5, 0.6) is 17.2 Å². The number of carbonyl (C=O) groups is 1. The molecule has 0 aromatic heterocycles. The van der Waals surface area contributed by atoms with E-state index >= 15 is 0 Å². The fourth-order valence-corrected chi connectivity index (χ4v) is 3.43. The van der Waals surface area contributed by atoms with Gasteiger partial charge in [-0.15, -0.1) is 13.2 Å². The number of ether oxygens (including phenoxy) is 3. The maximum absolute atomic E-state index is 12.3. The van der Waals surface area contributed by atoms with Gasteiger partial charge in [-0.25, -0.2) is 0 Å². The van der Waals surface area contributed by atoms with Crippen LogP contribution in [-0.2, 0) is 4.74 Å². The van der Waals surface area contributed by atoms with Gasteiger partial charge in [-0.3, -0.25) is 0 Å². The molecule has 1 heterocycles. The van der Waals surface area contributed by atoms with Crippen LogP contribution in [0.25, 0.3) is 5.57 Å². The number of carboxylic acid groups (broad SMARTS) is 1. The first-order chi connectivity index (χ1) is 14.6. The molecule has 1 atom stereocenters. The molecule has 0 saturated heterocycles. The lowest BCUT2D eigenvalue weighted by Gasteiger charge is -2.35. The highest BCUT2D eigenvalue weighted by atomic mass is 19.4. The average Bonchev–Trinajstić information content (AvgIpc) is 2.69. The average molecular weight is 436 g/mol. The predicted molar refractivity (Wildman–Crippen MR) is 106 cm³/mol. The highest BCUT2D eigenvalue weighted by Crippen LogP contribution is 2.40. The second-order valence-electron chi connectivity index (χ2n) is 7.07. The van der Waals surface area contributed by atoms with Crippen LogP contribution in [0.4, 0.5) is 23.7 Å². The number of nitrogens with zero attached hydrogens (tertiary/aromatic N) is 1. The van der Waals surface area contributed by atoms with Gasteiger partial charge in [-0.1, -0.05) is 13.0 Å². The van der Waals surface area contributed by atoms with E-state index in [1.165, 1.54) is 12.1 Å². The van der Waals surface area contributed by atoms with Crippen LogP contribution in [0.15, 0.2) is 42.5 Å². The van der Waals surface area contributed by atoms with E-state index in [1.807, 2.05) is 33.0 Å². The number of hydrogen-bond acceptors (Lipinski definition) is 6. The van der Waals surface area contributed by atoms with Crippen LogP contribution in [-0.4, -0.2) is 32.2 Å². The summed E-state index contributed by atoms with van der Waals surface area (Å²) in [6, 6.07) is 8.81. The van der Waals surface area contributed by atoms with Gasteiger partial charge >= 0.3 is 6.36 Å². The molecule has 0 bridgehead atoms. The van der Waals surface area contributed by atoms with Gasteiger partial charge in [0.2, 0.25) is 0 Å². The molecule has 3 rings (SSSR count). The van der Waals surface area contributed by atoms with Gasteiger partial charge in [0.05, 0.1) is 6.61 Å². The van der Waals surface area contributed by atoms with Gasteiger partial charge in [0.15, 0.2) is 0 Å². The lowest BCUT2D eigenvalue weighted by atomic mass is 9.93. The van der Waals surface area contributed by atoms with E-state index in [2.05, 4.69) is 14.4 Å². The van der Waals surface area contributed by atoms with Crippen LogP contribution in [0.2, 0.25) is 0 Å². The Balaban J connectivity index is 1.90. The first-order valence-corrected chi connectivity index (χ1v) is 9.53. The molecular formula is C22H21F3NO5-. The summed E-state index contributed by atoms with van der Waals surface area (Å²) in [4.78, 5) is 12.9. The third-order valence-corrected chi connectivity index (χ3v) is 4.96. The molecule has 1 aliphatic rings. The number of rotatable bonds is 6. The van der Waals surface area contributed by atoms with Crippen molar-refractivity contribution in [2.24, 2.45) is 0 Å². The maximum Gasteiger partial charge on any atom is 0.573 e. The third-order valence-electron chi connectivity index (χ3n) is 4.96. The minimum Gasteiger partial charge on any atom is -0.545 e. The molecule has 2 aromatic rings. The highest BCUT2D eigenvalue weighted by molar-refractivity contribution is 5.83. The van der Waals surface area contributed by atoms with Gasteiger partial charge in [-0.2, -0.15) is 0 Å². The SMILES string of the molecule is CCC1C=C(COC(=O)[O-])c2cc(Oc3ccc(OC(F)(F)F)cc3)c(C)cc2N1C. The Morgan fingerprint density at radius 1 is 1.16 bits per heavy atom. The Morgan fingerprint density at radius 2 is 1.81 bits per heavy atom. The molecule has 0 aliphatic carbocycles. The van der Waals surface area contributed by atoms with Crippen LogP contribution in [0.1, 0.15) is 24.5 Å². The standard InChI is InChI=1S/C22H22F3NO5/c1-4-15-10-14(12-29-21(27)28)18-11-20(13(2)9-19(18)26(15)3)30-16-5-7-17(8-6-16)31-22(23,24)25/h5-11,15H,4,12H2,1-3H3,(H,27,28)/p-1. The quantitative estimate of drug-likeness (QED) is 0.614. The van der Waals surface area contributed by atoms with Crippen molar-refractivity contribution in [3.8, 4) is 17.2 Å². The summed E-state index contributed by atoms with van der Waals surface area (Å²) in [5.74, 6) is 0.453. The molecule has 0 fully saturated rings. The minimum absolute atomic E-state index is 0.0696. The van der Waals surface area contributed by atoms with Crippen molar-refractivity contribution in [1.29, 1.82) is 0 Å². The Hall–Kier alpha value is -3.36. The summed E-state index contributed by atoms with van der Waals surface area (Å²) in [6.07, 6.45) is -3.63. The Morgan fingerprint density at radius 3 is 2.39 bits per heavy atom. The molecule has 1 aliphatic heterocycles. The lowest BCUT2D eigenvalue weighted by Crippen LogP contribution is -2.34. The molecule has 0 saturated carbocycles. The molecule has 6 nitrogen and oxygen atoms in total. The van der Waals surface area contributed by atoms with Crippen molar-refractivity contribution in [2.45, 2.75) is 32.7 Å². The summed E-state index contributed by atoms with van der Waals surface area (Å²) >= 11 is 0. The zero-order chi connectivity index (χ0) is 22.8. The lowest BCUT2D eigenvalue weighted by molar-refractivity contribution is -0.281. The molecule has 0 spiro atoms. The number of alkyl halides is 3. The Labute approximate surface area is 177 Å². The first-order valence-electron chi connectivity index (χ1n) is 9.53. The predicted octanol–water partition coefficient (Wildman–Crippen LogP) is 4.66. The molecule has 1 unspecified atom stereocenters. The molecule has 0 radical (unpaired) electrons. The second-order valence-corrected chi connectivity index (χ2v) is 7.07. The zero-order valence-electron chi connectivity index (χ0n) is 17.2. The van der Waals surface area contributed by atoms with Crippen LogP contribution >= 0.6 is 0 Å². The molecular weight excluding hydrogens is 415 g/mol. The molecule has 31 heavy (non-hydrogen) atoms. The normalized spacial score (nSPS) is 15.7. The van der Waals surface area contributed by atoms with Gasteiger partial charge in [0, 0.05) is 24.3 Å². The Bertz CT molecular complexity index is 986. The van der Waals surface area contributed by atoms with Crippen LogP contribution in [0.3, 0.4) is 0 Å². The number of likely N-dealkylation sites (N-methyl/N-ethyl adjacent to an activating group) is 1. The number of anilines is 1. The molecule has 9 heteroatoms. The van der Waals surface area contributed by atoms with Gasteiger partial charge in [0.1, 0.15) is 17.2 Å². The van der Waals surface area contributed by atoms with E-state index < -0.39 is 12.5 Å². The van der Waals surface area contributed by atoms with Crippen LogP contribution in [0, 0.1) is 6.92 Å². The number of carbonyl (C=O) groups excluding carboxylic acids is 1. The molecule has 166 valence electrons. The molecule has 0 amide bonds. The number of aryl methyl sites for hydroxylation is 1. The summed E-state index contributed by atoms with van der Waals surface area (Å²) in [5.41, 5.74) is 3.12. The van der Waals surface area contributed by atoms with Crippen molar-refractivity contribution in [3.05, 3.63) is 53.6 Å². The van der Waals surface area contributed by atoms with E-state index in [0.717, 1.165) is 35.4 Å². The number of benzene rings is 2. The van der Waals surface area contributed by atoms with E-state index in [4.69, 9.17) is 4.74 Å². The molecule has 0 N–H and O–H groups in total. The van der Waals surface area contributed by atoms with E-state index in [-0.39, 0.29) is 18.4 Å². The number of halogens is 3. The zero-order valence-corrected chi connectivity index (χ0v) is 17.2.